The van der Waals surface area contributed by atoms with Crippen molar-refractivity contribution in [3.8, 4) is 0 Å². The topological polar surface area (TPSA) is 89.1 Å². The lowest BCUT2D eigenvalue weighted by Gasteiger charge is -2.41. The van der Waals surface area contributed by atoms with Crippen molar-refractivity contribution in [2.24, 2.45) is 0 Å². The number of hydrogen-bond acceptors (Lipinski definition) is 6. The molecule has 1 aromatic rings. The molecule has 8 heteroatoms. The van der Waals surface area contributed by atoms with Crippen LogP contribution in [0.2, 0.25) is 0 Å². The van der Waals surface area contributed by atoms with Gasteiger partial charge in [0.25, 0.3) is 0 Å². The van der Waals surface area contributed by atoms with Crippen molar-refractivity contribution >= 4 is 12.0 Å². The Balaban J connectivity index is 1.40. The highest BCUT2D eigenvalue weighted by Gasteiger charge is 2.38. The lowest BCUT2D eigenvalue weighted by Crippen LogP contribution is -2.60. The first-order chi connectivity index (χ1) is 15.7. The Bertz CT molecular complexity index is 734. The largest absolute Gasteiger partial charge is 0.445 e. The van der Waals surface area contributed by atoms with Gasteiger partial charge in [-0.05, 0) is 57.2 Å². The maximum Gasteiger partial charge on any atom is 0.410 e. The minimum absolute atomic E-state index is 0.0844. The Morgan fingerprint density at radius 3 is 2.66 bits per heavy atom. The molecule has 32 heavy (non-hydrogen) atoms. The Morgan fingerprint density at radius 1 is 1.09 bits per heavy atom. The smallest absolute Gasteiger partial charge is 0.410 e. The molecule has 3 aliphatic rings. The van der Waals surface area contributed by atoms with Crippen LogP contribution in [0.5, 0.6) is 0 Å². The Hall–Kier alpha value is -2.16. The van der Waals surface area contributed by atoms with Crippen molar-refractivity contribution < 1.29 is 23.8 Å². The van der Waals surface area contributed by atoms with Crippen LogP contribution < -0.4 is 10.6 Å². The van der Waals surface area contributed by atoms with E-state index in [0.29, 0.717) is 19.8 Å². The second-order valence-electron chi connectivity index (χ2n) is 8.84. The van der Waals surface area contributed by atoms with E-state index in [4.69, 9.17) is 14.2 Å². The second kappa shape index (κ2) is 11.6. The molecule has 0 aliphatic carbocycles. The SMILES string of the molecule is O=C(N[C@@H]1CCCN(C(=O)OCc2ccccc2)[C@@H]1COC1CCNCC1)[C@@H]1CCCO1. The van der Waals surface area contributed by atoms with Gasteiger partial charge >= 0.3 is 6.09 Å². The fourth-order valence-corrected chi connectivity index (χ4v) is 4.72. The van der Waals surface area contributed by atoms with Crippen LogP contribution in [0.3, 0.4) is 0 Å². The van der Waals surface area contributed by atoms with Crippen molar-refractivity contribution in [2.75, 3.05) is 32.8 Å². The van der Waals surface area contributed by atoms with E-state index >= 15 is 0 Å². The molecule has 3 fully saturated rings. The molecule has 3 aliphatic heterocycles. The fourth-order valence-electron chi connectivity index (χ4n) is 4.72. The van der Waals surface area contributed by atoms with Crippen LogP contribution in [-0.2, 0) is 25.6 Å². The van der Waals surface area contributed by atoms with Crippen LogP contribution in [0.4, 0.5) is 4.79 Å². The molecule has 3 heterocycles. The molecular formula is C24H35N3O5. The summed E-state index contributed by atoms with van der Waals surface area (Å²) in [7, 11) is 0. The molecular weight excluding hydrogens is 410 g/mol. The van der Waals surface area contributed by atoms with Gasteiger partial charge in [-0.1, -0.05) is 30.3 Å². The van der Waals surface area contributed by atoms with E-state index in [9.17, 15) is 9.59 Å². The third-order valence-corrected chi connectivity index (χ3v) is 6.56. The van der Waals surface area contributed by atoms with Crippen LogP contribution in [0, 0.1) is 0 Å². The first-order valence-corrected chi connectivity index (χ1v) is 11.9. The van der Waals surface area contributed by atoms with Gasteiger partial charge in [-0.3, -0.25) is 4.79 Å². The number of ether oxygens (including phenoxy) is 3. The summed E-state index contributed by atoms with van der Waals surface area (Å²) in [6.07, 6.45) is 4.61. The first kappa shape index (κ1) is 23.0. The molecule has 0 unspecified atom stereocenters. The average Bonchev–Trinajstić information content (AvgIpc) is 3.38. The van der Waals surface area contributed by atoms with Crippen molar-refractivity contribution in [2.45, 2.75) is 69.4 Å². The lowest BCUT2D eigenvalue weighted by molar-refractivity contribution is -0.132. The number of piperidine rings is 2. The molecule has 0 aromatic heterocycles. The van der Waals surface area contributed by atoms with Gasteiger partial charge < -0.3 is 29.7 Å². The number of benzene rings is 1. The van der Waals surface area contributed by atoms with Crippen LogP contribution >= 0.6 is 0 Å². The first-order valence-electron chi connectivity index (χ1n) is 11.9. The molecule has 0 bridgehead atoms. The van der Waals surface area contributed by atoms with Crippen LogP contribution in [0.15, 0.2) is 30.3 Å². The normalized spacial score (nSPS) is 26.6. The molecule has 3 atom stereocenters. The summed E-state index contributed by atoms with van der Waals surface area (Å²) < 4.78 is 17.4. The van der Waals surface area contributed by atoms with Gasteiger partial charge in [0.2, 0.25) is 5.91 Å². The monoisotopic (exact) mass is 445 g/mol. The van der Waals surface area contributed by atoms with Gasteiger partial charge in [0.15, 0.2) is 0 Å². The van der Waals surface area contributed by atoms with Crippen LogP contribution in [-0.4, -0.2) is 74.0 Å². The van der Waals surface area contributed by atoms with Crippen LogP contribution in [0.25, 0.3) is 0 Å². The summed E-state index contributed by atoms with van der Waals surface area (Å²) in [6.45, 7) is 3.73. The number of nitrogens with one attached hydrogen (secondary N) is 2. The third kappa shape index (κ3) is 6.21. The molecule has 2 amide bonds. The number of carbonyl (C=O) groups is 2. The average molecular weight is 446 g/mol. The third-order valence-electron chi connectivity index (χ3n) is 6.56. The van der Waals surface area contributed by atoms with Gasteiger partial charge in [-0.15, -0.1) is 0 Å². The number of rotatable bonds is 7. The number of amides is 2. The van der Waals surface area contributed by atoms with Gasteiger partial charge in [0.05, 0.1) is 24.8 Å². The van der Waals surface area contributed by atoms with Crippen LogP contribution in [0.1, 0.15) is 44.1 Å². The summed E-state index contributed by atoms with van der Waals surface area (Å²) in [4.78, 5) is 27.5. The van der Waals surface area contributed by atoms with E-state index in [-0.39, 0.29) is 42.9 Å². The maximum atomic E-state index is 13.0. The summed E-state index contributed by atoms with van der Waals surface area (Å²) in [5, 5.41) is 6.49. The Labute approximate surface area is 190 Å². The highest BCUT2D eigenvalue weighted by Crippen LogP contribution is 2.22. The standard InChI is InChI=1S/C24H35N3O5/c28-23(22-9-5-15-30-22)26-20-8-4-14-27(21(20)17-31-19-10-12-25-13-11-19)24(29)32-16-18-6-2-1-3-7-18/h1-3,6-7,19-22,25H,4-5,8-17H2,(H,26,28)/t20-,21-,22+/m1/s1. The van der Waals surface area contributed by atoms with Gasteiger partial charge in [0, 0.05) is 13.2 Å². The van der Waals surface area contributed by atoms with Gasteiger partial charge in [0.1, 0.15) is 12.7 Å². The fraction of sp³-hybridized carbons (Fsp3) is 0.667. The molecule has 2 N–H and O–H groups in total. The summed E-state index contributed by atoms with van der Waals surface area (Å²) in [5.41, 5.74) is 0.948. The molecule has 0 radical (unpaired) electrons. The van der Waals surface area contributed by atoms with Gasteiger partial charge in [-0.2, -0.15) is 0 Å². The van der Waals surface area contributed by atoms with E-state index in [0.717, 1.165) is 57.2 Å². The zero-order valence-electron chi connectivity index (χ0n) is 18.7. The summed E-state index contributed by atoms with van der Waals surface area (Å²) in [5.74, 6) is -0.0844. The zero-order chi connectivity index (χ0) is 22.2. The van der Waals surface area contributed by atoms with E-state index in [2.05, 4.69) is 10.6 Å². The van der Waals surface area contributed by atoms with E-state index in [1.165, 1.54) is 0 Å². The predicted octanol–water partition coefficient (Wildman–Crippen LogP) is 2.22. The van der Waals surface area contributed by atoms with E-state index in [1.54, 1.807) is 4.90 Å². The van der Waals surface area contributed by atoms with E-state index in [1.807, 2.05) is 30.3 Å². The predicted molar refractivity (Wildman–Crippen MR) is 119 cm³/mol. The highest BCUT2D eigenvalue weighted by atomic mass is 16.6. The van der Waals surface area contributed by atoms with Gasteiger partial charge in [-0.25, -0.2) is 4.79 Å². The minimum atomic E-state index is -0.388. The minimum Gasteiger partial charge on any atom is -0.445 e. The number of nitrogens with zero attached hydrogens (tertiary/aromatic N) is 1. The molecule has 3 saturated heterocycles. The van der Waals surface area contributed by atoms with Crippen molar-refractivity contribution in [3.63, 3.8) is 0 Å². The van der Waals surface area contributed by atoms with Crippen molar-refractivity contribution in [1.82, 2.24) is 15.5 Å². The maximum absolute atomic E-state index is 13.0. The quantitative estimate of drug-likeness (QED) is 0.669. The Morgan fingerprint density at radius 2 is 1.91 bits per heavy atom. The molecule has 176 valence electrons. The molecule has 1 aromatic carbocycles. The molecule has 0 saturated carbocycles. The molecule has 8 nitrogen and oxygen atoms in total. The Kier molecular flexibility index (Phi) is 8.36. The molecule has 4 rings (SSSR count). The number of likely N-dealkylation sites (tertiary alicyclic amines) is 1. The zero-order valence-corrected chi connectivity index (χ0v) is 18.7. The summed E-state index contributed by atoms with van der Waals surface area (Å²) >= 11 is 0. The second-order valence-corrected chi connectivity index (χ2v) is 8.84. The number of hydrogen-bond donors (Lipinski definition) is 2. The highest BCUT2D eigenvalue weighted by molar-refractivity contribution is 5.81. The van der Waals surface area contributed by atoms with Crippen molar-refractivity contribution in [3.05, 3.63) is 35.9 Å². The van der Waals surface area contributed by atoms with E-state index < -0.39 is 0 Å². The summed E-state index contributed by atoms with van der Waals surface area (Å²) in [6, 6.07) is 9.23. The molecule has 0 spiro atoms. The number of carbonyl (C=O) groups excluding carboxylic acids is 2. The lowest BCUT2D eigenvalue weighted by atomic mass is 9.96. The van der Waals surface area contributed by atoms with Crippen molar-refractivity contribution in [1.29, 1.82) is 0 Å².